The first-order chi connectivity index (χ1) is 10.7. The van der Waals surface area contributed by atoms with Gasteiger partial charge in [-0.1, -0.05) is 25.0 Å². The van der Waals surface area contributed by atoms with E-state index in [0.717, 1.165) is 18.1 Å². The van der Waals surface area contributed by atoms with E-state index in [-0.39, 0.29) is 5.91 Å². The van der Waals surface area contributed by atoms with Gasteiger partial charge in [0.1, 0.15) is 0 Å². The third-order valence-corrected chi connectivity index (χ3v) is 3.88. The van der Waals surface area contributed by atoms with Crippen molar-refractivity contribution in [3.63, 3.8) is 0 Å². The smallest absolute Gasteiger partial charge is 0.251 e. The SMILES string of the molecule is CCNC(=NCc1cccc(C(=O)NC)c1)NC1CCCC1. The van der Waals surface area contributed by atoms with Gasteiger partial charge in [0.15, 0.2) is 5.96 Å². The Morgan fingerprint density at radius 1 is 1.32 bits per heavy atom. The number of benzene rings is 1. The van der Waals surface area contributed by atoms with Gasteiger partial charge < -0.3 is 16.0 Å². The van der Waals surface area contributed by atoms with E-state index in [0.29, 0.717) is 18.2 Å². The molecule has 22 heavy (non-hydrogen) atoms. The summed E-state index contributed by atoms with van der Waals surface area (Å²) >= 11 is 0. The van der Waals surface area contributed by atoms with Crippen LogP contribution in [0, 0.1) is 0 Å². The fraction of sp³-hybridized carbons (Fsp3) is 0.529. The summed E-state index contributed by atoms with van der Waals surface area (Å²) in [5, 5.41) is 9.43. The summed E-state index contributed by atoms with van der Waals surface area (Å²) < 4.78 is 0. The van der Waals surface area contributed by atoms with Crippen molar-refractivity contribution < 1.29 is 4.79 Å². The van der Waals surface area contributed by atoms with Crippen LogP contribution in [0.2, 0.25) is 0 Å². The number of hydrogen-bond acceptors (Lipinski definition) is 2. The lowest BCUT2D eigenvalue weighted by atomic mass is 10.1. The van der Waals surface area contributed by atoms with Crippen molar-refractivity contribution in [2.75, 3.05) is 13.6 Å². The molecule has 0 aromatic heterocycles. The Bertz CT molecular complexity index is 521. The Hall–Kier alpha value is -2.04. The number of nitrogens with one attached hydrogen (secondary N) is 3. The van der Waals surface area contributed by atoms with Crippen LogP contribution in [-0.2, 0) is 6.54 Å². The first-order valence-electron chi connectivity index (χ1n) is 8.08. The Labute approximate surface area is 132 Å². The second kappa shape index (κ2) is 8.41. The molecule has 2 rings (SSSR count). The van der Waals surface area contributed by atoms with Crippen molar-refractivity contribution in [3.8, 4) is 0 Å². The van der Waals surface area contributed by atoms with Crippen LogP contribution in [0.4, 0.5) is 0 Å². The number of carbonyl (C=O) groups is 1. The number of nitrogens with zero attached hydrogens (tertiary/aromatic N) is 1. The number of amides is 1. The highest BCUT2D eigenvalue weighted by Gasteiger charge is 2.15. The molecule has 1 fully saturated rings. The molecule has 3 N–H and O–H groups in total. The minimum absolute atomic E-state index is 0.0678. The molecule has 0 heterocycles. The molecule has 0 unspecified atom stereocenters. The molecule has 1 aliphatic carbocycles. The third kappa shape index (κ3) is 4.76. The van der Waals surface area contributed by atoms with Crippen LogP contribution < -0.4 is 16.0 Å². The van der Waals surface area contributed by atoms with Crippen molar-refractivity contribution in [2.24, 2.45) is 4.99 Å². The van der Waals surface area contributed by atoms with Crippen LogP contribution in [-0.4, -0.2) is 31.5 Å². The maximum Gasteiger partial charge on any atom is 0.251 e. The normalized spacial score (nSPS) is 15.6. The van der Waals surface area contributed by atoms with Crippen LogP contribution >= 0.6 is 0 Å². The van der Waals surface area contributed by atoms with Crippen molar-refractivity contribution in [1.82, 2.24) is 16.0 Å². The highest BCUT2D eigenvalue weighted by Crippen LogP contribution is 2.17. The molecule has 1 aromatic carbocycles. The van der Waals surface area contributed by atoms with Gasteiger partial charge >= 0.3 is 0 Å². The first-order valence-corrected chi connectivity index (χ1v) is 8.08. The van der Waals surface area contributed by atoms with Gasteiger partial charge in [0.25, 0.3) is 5.91 Å². The fourth-order valence-corrected chi connectivity index (χ4v) is 2.71. The molecule has 0 saturated heterocycles. The van der Waals surface area contributed by atoms with E-state index < -0.39 is 0 Å². The molecule has 0 aliphatic heterocycles. The van der Waals surface area contributed by atoms with Gasteiger partial charge in [-0.3, -0.25) is 4.79 Å². The van der Waals surface area contributed by atoms with Crippen LogP contribution in [0.1, 0.15) is 48.5 Å². The van der Waals surface area contributed by atoms with E-state index >= 15 is 0 Å². The molecule has 0 radical (unpaired) electrons. The summed E-state index contributed by atoms with van der Waals surface area (Å²) in [4.78, 5) is 16.3. The van der Waals surface area contributed by atoms with Gasteiger partial charge in [-0.05, 0) is 37.5 Å². The highest BCUT2D eigenvalue weighted by atomic mass is 16.1. The fourth-order valence-electron chi connectivity index (χ4n) is 2.71. The van der Waals surface area contributed by atoms with E-state index in [4.69, 9.17) is 0 Å². The molecule has 1 amide bonds. The molecule has 0 bridgehead atoms. The van der Waals surface area contributed by atoms with E-state index in [9.17, 15) is 4.79 Å². The van der Waals surface area contributed by atoms with Crippen molar-refractivity contribution in [3.05, 3.63) is 35.4 Å². The molecule has 1 saturated carbocycles. The second-order valence-electron chi connectivity index (χ2n) is 5.60. The van der Waals surface area contributed by atoms with E-state index in [1.165, 1.54) is 25.7 Å². The van der Waals surface area contributed by atoms with Crippen LogP contribution in [0.25, 0.3) is 0 Å². The predicted molar refractivity (Wildman–Crippen MR) is 90.0 cm³/mol. The average Bonchev–Trinajstić information content (AvgIpc) is 3.05. The van der Waals surface area contributed by atoms with E-state index in [1.807, 2.05) is 24.3 Å². The summed E-state index contributed by atoms with van der Waals surface area (Å²) in [6, 6.07) is 8.13. The Morgan fingerprint density at radius 3 is 2.77 bits per heavy atom. The summed E-state index contributed by atoms with van der Waals surface area (Å²) in [7, 11) is 1.64. The van der Waals surface area contributed by atoms with Gasteiger partial charge in [-0.25, -0.2) is 4.99 Å². The largest absolute Gasteiger partial charge is 0.357 e. The summed E-state index contributed by atoms with van der Waals surface area (Å²) in [6.07, 6.45) is 5.03. The molecule has 120 valence electrons. The second-order valence-corrected chi connectivity index (χ2v) is 5.60. The maximum absolute atomic E-state index is 11.7. The third-order valence-electron chi connectivity index (χ3n) is 3.88. The van der Waals surface area contributed by atoms with Crippen molar-refractivity contribution in [2.45, 2.75) is 45.2 Å². The van der Waals surface area contributed by atoms with Gasteiger partial charge in [0, 0.05) is 25.2 Å². The van der Waals surface area contributed by atoms with Gasteiger partial charge in [-0.15, -0.1) is 0 Å². The lowest BCUT2D eigenvalue weighted by Gasteiger charge is -2.16. The maximum atomic E-state index is 11.7. The molecule has 5 heteroatoms. The summed E-state index contributed by atoms with van der Waals surface area (Å²) in [6.45, 7) is 3.47. The lowest BCUT2D eigenvalue weighted by molar-refractivity contribution is 0.0963. The number of aliphatic imine (C=N–C) groups is 1. The average molecular weight is 302 g/mol. The van der Waals surface area contributed by atoms with Crippen LogP contribution in [0.3, 0.4) is 0 Å². The van der Waals surface area contributed by atoms with Gasteiger partial charge in [-0.2, -0.15) is 0 Å². The molecule has 0 spiro atoms. The molecular weight excluding hydrogens is 276 g/mol. The van der Waals surface area contributed by atoms with Crippen LogP contribution in [0.5, 0.6) is 0 Å². The lowest BCUT2D eigenvalue weighted by Crippen LogP contribution is -2.42. The molecule has 1 aliphatic rings. The zero-order valence-corrected chi connectivity index (χ0v) is 13.5. The molecular formula is C17H26N4O. The molecule has 0 atom stereocenters. The minimum atomic E-state index is -0.0678. The zero-order valence-electron chi connectivity index (χ0n) is 13.5. The van der Waals surface area contributed by atoms with Crippen molar-refractivity contribution in [1.29, 1.82) is 0 Å². The van der Waals surface area contributed by atoms with E-state index in [1.54, 1.807) is 7.05 Å². The molecule has 1 aromatic rings. The quantitative estimate of drug-likeness (QED) is 0.576. The molecule has 5 nitrogen and oxygen atoms in total. The van der Waals surface area contributed by atoms with Crippen molar-refractivity contribution >= 4 is 11.9 Å². The Balaban J connectivity index is 2.01. The number of guanidine groups is 1. The van der Waals surface area contributed by atoms with E-state index in [2.05, 4.69) is 27.9 Å². The van der Waals surface area contributed by atoms with Gasteiger partial charge in [0.05, 0.1) is 6.54 Å². The van der Waals surface area contributed by atoms with Gasteiger partial charge in [0.2, 0.25) is 0 Å². The highest BCUT2D eigenvalue weighted by molar-refractivity contribution is 5.94. The number of hydrogen-bond donors (Lipinski definition) is 3. The standard InChI is InChI=1S/C17H26N4O/c1-3-19-17(21-15-9-4-5-10-15)20-12-13-7-6-8-14(11-13)16(22)18-2/h6-8,11,15H,3-5,9-10,12H2,1-2H3,(H,18,22)(H2,19,20,21). The minimum Gasteiger partial charge on any atom is -0.357 e. The monoisotopic (exact) mass is 302 g/mol. The number of rotatable bonds is 5. The topological polar surface area (TPSA) is 65.5 Å². The predicted octanol–water partition coefficient (Wildman–Crippen LogP) is 2.04. The first kappa shape index (κ1) is 16.3. The summed E-state index contributed by atoms with van der Waals surface area (Å²) in [5.41, 5.74) is 1.70. The number of carbonyl (C=O) groups excluding carboxylic acids is 1. The Morgan fingerprint density at radius 2 is 2.09 bits per heavy atom. The summed E-state index contributed by atoms with van der Waals surface area (Å²) in [5.74, 6) is 0.793. The van der Waals surface area contributed by atoms with Crippen LogP contribution in [0.15, 0.2) is 29.3 Å². The Kier molecular flexibility index (Phi) is 6.25. The zero-order chi connectivity index (χ0) is 15.8.